The van der Waals surface area contributed by atoms with E-state index in [9.17, 15) is 0 Å². The Morgan fingerprint density at radius 1 is 1.10 bits per heavy atom. The Balaban J connectivity index is 1.60. The van der Waals surface area contributed by atoms with Gasteiger partial charge in [-0.2, -0.15) is 0 Å². The second kappa shape index (κ2) is 8.28. The molecule has 20 heavy (non-hydrogen) atoms. The predicted molar refractivity (Wildman–Crippen MR) is 87.5 cm³/mol. The number of benzene rings is 1. The third kappa shape index (κ3) is 5.14. The summed E-state index contributed by atoms with van der Waals surface area (Å²) in [4.78, 5) is 4.77. The number of para-hydroxylation sites is 1. The van der Waals surface area contributed by atoms with E-state index in [1.807, 2.05) is 0 Å². The maximum absolute atomic E-state index is 3.72. The molecule has 0 spiro atoms. The van der Waals surface area contributed by atoms with Gasteiger partial charge in [0.25, 0.3) is 0 Å². The van der Waals surface area contributed by atoms with Crippen LogP contribution in [-0.2, 0) is 0 Å². The van der Waals surface area contributed by atoms with Gasteiger partial charge in [0.2, 0.25) is 0 Å². The van der Waals surface area contributed by atoms with Crippen molar-refractivity contribution in [3.05, 3.63) is 30.3 Å². The zero-order chi connectivity index (χ0) is 14.2. The number of rotatable bonds is 7. The largest absolute Gasteiger partial charge is 0.371 e. The highest BCUT2D eigenvalue weighted by Gasteiger charge is 2.18. The smallest absolute Gasteiger partial charge is 0.0366 e. The normalized spacial score (nSPS) is 16.9. The summed E-state index contributed by atoms with van der Waals surface area (Å²) < 4.78 is 0. The number of hydrogen-bond acceptors (Lipinski definition) is 3. The number of hydrogen-bond donors (Lipinski definition) is 1. The van der Waals surface area contributed by atoms with Crippen LogP contribution in [0.3, 0.4) is 0 Å². The van der Waals surface area contributed by atoms with E-state index in [0.29, 0.717) is 6.04 Å². The van der Waals surface area contributed by atoms with Gasteiger partial charge in [-0.15, -0.1) is 0 Å². The van der Waals surface area contributed by atoms with Gasteiger partial charge in [-0.3, -0.25) is 0 Å². The van der Waals surface area contributed by atoms with Crippen molar-refractivity contribution in [3.63, 3.8) is 0 Å². The van der Waals surface area contributed by atoms with Gasteiger partial charge in [-0.1, -0.05) is 18.2 Å². The van der Waals surface area contributed by atoms with Gasteiger partial charge >= 0.3 is 0 Å². The highest BCUT2D eigenvalue weighted by atomic mass is 15.1. The third-order valence-corrected chi connectivity index (χ3v) is 4.08. The van der Waals surface area contributed by atoms with Gasteiger partial charge in [0.1, 0.15) is 0 Å². The molecule has 3 heteroatoms. The minimum Gasteiger partial charge on any atom is -0.371 e. The monoisotopic (exact) mass is 275 g/mol. The van der Waals surface area contributed by atoms with E-state index in [1.165, 1.54) is 57.5 Å². The summed E-state index contributed by atoms with van der Waals surface area (Å²) in [5.74, 6) is 0. The number of unbranched alkanes of at least 4 members (excludes halogenated alkanes) is 1. The first-order valence-electron chi connectivity index (χ1n) is 7.94. The fourth-order valence-corrected chi connectivity index (χ4v) is 2.84. The number of nitrogens with one attached hydrogen (secondary N) is 1. The molecule has 1 aromatic rings. The Morgan fingerprint density at radius 2 is 1.80 bits per heavy atom. The Kier molecular flexibility index (Phi) is 6.34. The van der Waals surface area contributed by atoms with Gasteiger partial charge in [0, 0.05) is 24.8 Å². The van der Waals surface area contributed by atoms with E-state index >= 15 is 0 Å². The van der Waals surface area contributed by atoms with Crippen molar-refractivity contribution in [1.82, 2.24) is 10.2 Å². The van der Waals surface area contributed by atoms with Crippen molar-refractivity contribution in [1.29, 1.82) is 0 Å². The molecule has 0 radical (unpaired) electrons. The number of anilines is 1. The fraction of sp³-hybridized carbons (Fsp3) is 0.647. The first kappa shape index (κ1) is 15.3. The molecule has 0 bridgehead atoms. The maximum atomic E-state index is 3.72. The van der Waals surface area contributed by atoms with Crippen LogP contribution < -0.4 is 10.2 Å². The molecule has 1 fully saturated rings. The lowest BCUT2D eigenvalue weighted by molar-refractivity contribution is 0.375. The van der Waals surface area contributed by atoms with Crippen molar-refractivity contribution in [2.75, 3.05) is 45.2 Å². The van der Waals surface area contributed by atoms with E-state index in [0.717, 1.165) is 0 Å². The molecule has 3 nitrogen and oxygen atoms in total. The number of nitrogens with zero attached hydrogens (tertiary/aromatic N) is 2. The standard InChI is InChI=1S/C17H29N3/c1-19(2)13-7-6-12-18-16-10-14-20(15-11-16)17-8-4-3-5-9-17/h3-5,8-9,16,18H,6-7,10-15H2,1-2H3. The molecule has 1 aliphatic heterocycles. The molecule has 0 unspecified atom stereocenters. The van der Waals surface area contributed by atoms with Gasteiger partial charge in [-0.05, 0) is 65.0 Å². The van der Waals surface area contributed by atoms with Crippen molar-refractivity contribution < 1.29 is 0 Å². The second-order valence-electron chi connectivity index (χ2n) is 6.06. The van der Waals surface area contributed by atoms with E-state index in [-0.39, 0.29) is 0 Å². The summed E-state index contributed by atoms with van der Waals surface area (Å²) in [6.45, 7) is 4.73. The van der Waals surface area contributed by atoms with Gasteiger partial charge in [0.05, 0.1) is 0 Å². The van der Waals surface area contributed by atoms with Gasteiger partial charge in [-0.25, -0.2) is 0 Å². The van der Waals surface area contributed by atoms with Gasteiger partial charge in [0.15, 0.2) is 0 Å². The topological polar surface area (TPSA) is 18.5 Å². The summed E-state index contributed by atoms with van der Waals surface area (Å²) in [6.07, 6.45) is 5.12. The molecule has 1 aromatic carbocycles. The van der Waals surface area contributed by atoms with Crippen LogP contribution in [0.1, 0.15) is 25.7 Å². The van der Waals surface area contributed by atoms with Crippen molar-refractivity contribution in [2.45, 2.75) is 31.7 Å². The molecule has 0 amide bonds. The lowest BCUT2D eigenvalue weighted by atomic mass is 10.0. The van der Waals surface area contributed by atoms with Crippen LogP contribution in [-0.4, -0.2) is 51.2 Å². The average molecular weight is 275 g/mol. The van der Waals surface area contributed by atoms with Crippen LogP contribution in [0.4, 0.5) is 5.69 Å². The minimum atomic E-state index is 0.717. The minimum absolute atomic E-state index is 0.717. The van der Waals surface area contributed by atoms with E-state index in [2.05, 4.69) is 59.5 Å². The Labute approximate surface area is 124 Å². The predicted octanol–water partition coefficient (Wildman–Crippen LogP) is 2.59. The van der Waals surface area contributed by atoms with Crippen LogP contribution >= 0.6 is 0 Å². The van der Waals surface area contributed by atoms with Crippen LogP contribution in [0.2, 0.25) is 0 Å². The van der Waals surface area contributed by atoms with Crippen LogP contribution in [0, 0.1) is 0 Å². The highest BCUT2D eigenvalue weighted by Crippen LogP contribution is 2.19. The lowest BCUT2D eigenvalue weighted by Crippen LogP contribution is -2.42. The molecule has 0 aliphatic carbocycles. The summed E-state index contributed by atoms with van der Waals surface area (Å²) >= 11 is 0. The van der Waals surface area contributed by atoms with E-state index in [4.69, 9.17) is 0 Å². The molecule has 0 saturated carbocycles. The molecule has 1 saturated heterocycles. The van der Waals surface area contributed by atoms with Crippen molar-refractivity contribution >= 4 is 5.69 Å². The zero-order valence-corrected chi connectivity index (χ0v) is 13.0. The van der Waals surface area contributed by atoms with Crippen molar-refractivity contribution in [2.24, 2.45) is 0 Å². The average Bonchev–Trinajstić information content (AvgIpc) is 2.48. The third-order valence-electron chi connectivity index (χ3n) is 4.08. The first-order chi connectivity index (χ1) is 9.75. The van der Waals surface area contributed by atoms with Gasteiger partial charge < -0.3 is 15.1 Å². The second-order valence-corrected chi connectivity index (χ2v) is 6.06. The van der Waals surface area contributed by atoms with E-state index in [1.54, 1.807) is 0 Å². The molecule has 2 rings (SSSR count). The van der Waals surface area contributed by atoms with Crippen LogP contribution in [0.25, 0.3) is 0 Å². The molecule has 112 valence electrons. The summed E-state index contributed by atoms with van der Waals surface area (Å²) in [5.41, 5.74) is 1.37. The Morgan fingerprint density at radius 3 is 2.45 bits per heavy atom. The highest BCUT2D eigenvalue weighted by molar-refractivity contribution is 5.46. The SMILES string of the molecule is CN(C)CCCCNC1CCN(c2ccccc2)CC1. The molecular formula is C17H29N3. The molecule has 1 aliphatic rings. The summed E-state index contributed by atoms with van der Waals surface area (Å²) in [5, 5.41) is 3.72. The van der Waals surface area contributed by atoms with E-state index < -0.39 is 0 Å². The molecule has 0 atom stereocenters. The number of piperidine rings is 1. The quantitative estimate of drug-likeness (QED) is 0.772. The molecule has 1 N–H and O–H groups in total. The van der Waals surface area contributed by atoms with Crippen molar-refractivity contribution in [3.8, 4) is 0 Å². The Bertz CT molecular complexity index is 356. The summed E-state index contributed by atoms with van der Waals surface area (Å²) in [7, 11) is 4.29. The van der Waals surface area contributed by atoms with Crippen LogP contribution in [0.5, 0.6) is 0 Å². The fourth-order valence-electron chi connectivity index (χ4n) is 2.84. The Hall–Kier alpha value is -1.06. The lowest BCUT2D eigenvalue weighted by Gasteiger charge is -2.34. The molecular weight excluding hydrogens is 246 g/mol. The first-order valence-corrected chi connectivity index (χ1v) is 7.94. The van der Waals surface area contributed by atoms with Crippen LogP contribution in [0.15, 0.2) is 30.3 Å². The molecule has 1 heterocycles. The molecule has 0 aromatic heterocycles. The maximum Gasteiger partial charge on any atom is 0.0366 e. The summed E-state index contributed by atoms with van der Waals surface area (Å²) in [6, 6.07) is 11.5. The zero-order valence-electron chi connectivity index (χ0n) is 13.0.